The summed E-state index contributed by atoms with van der Waals surface area (Å²) in [6, 6.07) is 6.75. The Labute approximate surface area is 168 Å². The predicted molar refractivity (Wildman–Crippen MR) is 111 cm³/mol. The highest BCUT2D eigenvalue weighted by molar-refractivity contribution is 8.00. The Bertz CT molecular complexity index is 935. The number of thioether (sulfide) groups is 1. The number of nitrogens with one attached hydrogen (secondary N) is 2. The summed E-state index contributed by atoms with van der Waals surface area (Å²) < 4.78 is 1.59. The lowest BCUT2D eigenvalue weighted by atomic mass is 10.2. The monoisotopic (exact) mass is 402 g/mol. The van der Waals surface area contributed by atoms with Gasteiger partial charge in [0.15, 0.2) is 5.16 Å². The highest BCUT2D eigenvalue weighted by Gasteiger charge is 2.23. The number of aromatic nitrogens is 2. The molecule has 8 heteroatoms. The van der Waals surface area contributed by atoms with E-state index < -0.39 is 17.2 Å². The van der Waals surface area contributed by atoms with Gasteiger partial charge in [-0.05, 0) is 45.7 Å². The molecule has 1 saturated carbocycles. The zero-order valence-electron chi connectivity index (χ0n) is 16.4. The summed E-state index contributed by atoms with van der Waals surface area (Å²) in [6.07, 6.45) is 4.11. The number of rotatable bonds is 5. The van der Waals surface area contributed by atoms with E-state index in [9.17, 15) is 14.4 Å². The molecular weight excluding hydrogens is 376 g/mol. The van der Waals surface area contributed by atoms with Crippen LogP contribution in [0, 0.1) is 0 Å². The molecule has 28 heavy (non-hydrogen) atoms. The van der Waals surface area contributed by atoms with Gasteiger partial charge in [-0.25, -0.2) is 9.78 Å². The van der Waals surface area contributed by atoms with Gasteiger partial charge in [0.1, 0.15) is 0 Å². The second kappa shape index (κ2) is 8.77. The van der Waals surface area contributed by atoms with Crippen molar-refractivity contribution in [3.8, 4) is 0 Å². The van der Waals surface area contributed by atoms with Crippen LogP contribution in [0.25, 0.3) is 10.9 Å². The molecule has 3 rings (SSSR count). The fraction of sp³-hybridized carbons (Fsp3) is 0.500. The summed E-state index contributed by atoms with van der Waals surface area (Å²) in [7, 11) is 0. The fourth-order valence-electron chi connectivity index (χ4n) is 3.38. The normalized spacial score (nSPS) is 15.7. The van der Waals surface area contributed by atoms with Crippen molar-refractivity contribution in [2.75, 3.05) is 0 Å². The second-order valence-corrected chi connectivity index (χ2v) is 8.69. The molecular formula is C20H26N4O3S. The molecule has 1 aliphatic rings. The van der Waals surface area contributed by atoms with Gasteiger partial charge >= 0.3 is 6.03 Å². The molecule has 0 aliphatic heterocycles. The van der Waals surface area contributed by atoms with Crippen molar-refractivity contribution >= 4 is 34.6 Å². The van der Waals surface area contributed by atoms with Gasteiger partial charge in [0, 0.05) is 12.1 Å². The Kier molecular flexibility index (Phi) is 6.39. The third-order valence-corrected chi connectivity index (χ3v) is 5.94. The van der Waals surface area contributed by atoms with Crippen LogP contribution in [0.2, 0.25) is 0 Å². The number of hydrogen-bond acceptors (Lipinski definition) is 5. The zero-order chi connectivity index (χ0) is 20.3. The smallest absolute Gasteiger partial charge is 0.321 e. The predicted octanol–water partition coefficient (Wildman–Crippen LogP) is 3.23. The van der Waals surface area contributed by atoms with E-state index in [0.29, 0.717) is 16.1 Å². The van der Waals surface area contributed by atoms with E-state index in [-0.39, 0.29) is 17.6 Å². The lowest BCUT2D eigenvalue weighted by molar-refractivity contribution is -0.119. The summed E-state index contributed by atoms with van der Waals surface area (Å²) in [5.41, 5.74) is 0.466. The first-order valence-electron chi connectivity index (χ1n) is 9.66. The van der Waals surface area contributed by atoms with Gasteiger partial charge < -0.3 is 5.32 Å². The third-order valence-electron chi connectivity index (χ3n) is 4.87. The van der Waals surface area contributed by atoms with Gasteiger partial charge in [0.25, 0.3) is 5.56 Å². The van der Waals surface area contributed by atoms with Crippen molar-refractivity contribution in [1.29, 1.82) is 0 Å². The van der Waals surface area contributed by atoms with Crippen LogP contribution in [0.15, 0.2) is 34.2 Å². The average molecular weight is 403 g/mol. The van der Waals surface area contributed by atoms with Crippen LogP contribution in [0.4, 0.5) is 4.79 Å². The average Bonchev–Trinajstić information content (AvgIpc) is 3.14. The molecule has 150 valence electrons. The standard InChI is InChI=1S/C20H26N4O3S/c1-12(2)24-18(26)15-10-6-7-11-16(15)22-20(24)28-13(3)17(25)23-19(27)21-14-8-4-5-9-14/h6-7,10-14H,4-5,8-9H2,1-3H3,(H2,21,23,25,27)/t13-/m0/s1. The van der Waals surface area contributed by atoms with Crippen molar-refractivity contribution in [2.24, 2.45) is 0 Å². The maximum absolute atomic E-state index is 12.9. The lowest BCUT2D eigenvalue weighted by Crippen LogP contribution is -2.46. The van der Waals surface area contributed by atoms with E-state index in [4.69, 9.17) is 0 Å². The molecule has 0 unspecified atom stereocenters. The molecule has 0 saturated heterocycles. The van der Waals surface area contributed by atoms with Gasteiger partial charge in [-0.2, -0.15) is 0 Å². The van der Waals surface area contributed by atoms with Crippen LogP contribution in [0.1, 0.15) is 52.5 Å². The minimum Gasteiger partial charge on any atom is -0.335 e. The lowest BCUT2D eigenvalue weighted by Gasteiger charge is -2.19. The van der Waals surface area contributed by atoms with Crippen molar-refractivity contribution < 1.29 is 9.59 Å². The van der Waals surface area contributed by atoms with Crippen LogP contribution in [-0.4, -0.2) is 32.8 Å². The largest absolute Gasteiger partial charge is 0.335 e. The summed E-state index contributed by atoms with van der Waals surface area (Å²) in [4.78, 5) is 41.9. The first-order chi connectivity index (χ1) is 13.4. The molecule has 1 aromatic heterocycles. The molecule has 2 N–H and O–H groups in total. The quantitative estimate of drug-likeness (QED) is 0.592. The molecule has 0 spiro atoms. The first kappa shape index (κ1) is 20.4. The maximum atomic E-state index is 12.9. The van der Waals surface area contributed by atoms with Gasteiger partial charge in [-0.3, -0.25) is 19.5 Å². The van der Waals surface area contributed by atoms with Gasteiger partial charge in [-0.1, -0.05) is 36.7 Å². The van der Waals surface area contributed by atoms with Crippen LogP contribution in [0.3, 0.4) is 0 Å². The fourth-order valence-corrected chi connectivity index (χ4v) is 4.42. The molecule has 1 aliphatic carbocycles. The van der Waals surface area contributed by atoms with E-state index >= 15 is 0 Å². The first-order valence-corrected chi connectivity index (χ1v) is 10.5. The molecule has 0 bridgehead atoms. The highest BCUT2D eigenvalue weighted by atomic mass is 32.2. The summed E-state index contributed by atoms with van der Waals surface area (Å²) in [5.74, 6) is -0.404. The van der Waals surface area contributed by atoms with E-state index in [2.05, 4.69) is 15.6 Å². The number of benzene rings is 1. The SMILES string of the molecule is CC(C)n1c(S[C@@H](C)C(=O)NC(=O)NC2CCCC2)nc2ccccc2c1=O. The Balaban J connectivity index is 1.75. The van der Waals surface area contributed by atoms with Crippen molar-refractivity contribution in [3.05, 3.63) is 34.6 Å². The highest BCUT2D eigenvalue weighted by Crippen LogP contribution is 2.25. The zero-order valence-corrected chi connectivity index (χ0v) is 17.2. The number of fused-ring (bicyclic) bond motifs is 1. The molecule has 1 atom stereocenters. The van der Waals surface area contributed by atoms with Gasteiger partial charge in [0.05, 0.1) is 16.2 Å². The van der Waals surface area contributed by atoms with Crippen molar-refractivity contribution in [1.82, 2.24) is 20.2 Å². The minimum absolute atomic E-state index is 0.104. The number of amides is 3. The third kappa shape index (κ3) is 4.55. The van der Waals surface area contributed by atoms with Crippen LogP contribution in [0.5, 0.6) is 0 Å². The molecule has 2 aromatic rings. The summed E-state index contributed by atoms with van der Waals surface area (Å²) in [6.45, 7) is 5.51. The van der Waals surface area contributed by atoms with Crippen molar-refractivity contribution in [2.45, 2.75) is 68.9 Å². The molecule has 1 fully saturated rings. The Hall–Kier alpha value is -2.35. The Morgan fingerprint density at radius 1 is 1.18 bits per heavy atom. The van der Waals surface area contributed by atoms with Crippen LogP contribution in [-0.2, 0) is 4.79 Å². The number of nitrogens with zero attached hydrogens (tertiary/aromatic N) is 2. The number of para-hydroxylation sites is 1. The molecule has 3 amide bonds. The van der Waals surface area contributed by atoms with Gasteiger partial charge in [0.2, 0.25) is 5.91 Å². The van der Waals surface area contributed by atoms with Crippen LogP contribution < -0.4 is 16.2 Å². The Morgan fingerprint density at radius 2 is 1.86 bits per heavy atom. The number of carbonyl (C=O) groups is 2. The number of carbonyl (C=O) groups excluding carboxylic acids is 2. The number of imide groups is 1. The summed E-state index contributed by atoms with van der Waals surface area (Å²) >= 11 is 1.18. The molecule has 7 nitrogen and oxygen atoms in total. The second-order valence-electron chi connectivity index (χ2n) is 7.38. The van der Waals surface area contributed by atoms with Gasteiger partial charge in [-0.15, -0.1) is 0 Å². The summed E-state index contributed by atoms with van der Waals surface area (Å²) in [5, 5.41) is 5.69. The minimum atomic E-state index is -0.576. The topological polar surface area (TPSA) is 93.1 Å². The van der Waals surface area contributed by atoms with E-state index in [0.717, 1.165) is 25.7 Å². The maximum Gasteiger partial charge on any atom is 0.321 e. The number of urea groups is 1. The Morgan fingerprint density at radius 3 is 2.54 bits per heavy atom. The number of hydrogen-bond donors (Lipinski definition) is 2. The van der Waals surface area contributed by atoms with Crippen LogP contribution >= 0.6 is 11.8 Å². The molecule has 1 aromatic carbocycles. The molecule has 1 heterocycles. The van der Waals surface area contributed by atoms with E-state index in [1.807, 2.05) is 26.0 Å². The van der Waals surface area contributed by atoms with Crippen molar-refractivity contribution in [3.63, 3.8) is 0 Å². The molecule has 0 radical (unpaired) electrons. The van der Waals surface area contributed by atoms with E-state index in [1.165, 1.54) is 11.8 Å². The van der Waals surface area contributed by atoms with E-state index in [1.54, 1.807) is 23.6 Å².